The van der Waals surface area contributed by atoms with Gasteiger partial charge in [-0.25, -0.2) is 18.3 Å². The molecule has 7 nitrogen and oxygen atoms in total. The Kier molecular flexibility index (Phi) is 8.26. The third kappa shape index (κ3) is 7.50. The Morgan fingerprint density at radius 3 is 2.55 bits per heavy atom. The number of nitrogens with zero attached hydrogens (tertiary/aromatic N) is 3. The van der Waals surface area contributed by atoms with Crippen LogP contribution in [0.2, 0.25) is 0 Å². The Hall–Kier alpha value is -3.59. The summed E-state index contributed by atoms with van der Waals surface area (Å²) >= 11 is 0. The van der Waals surface area contributed by atoms with Crippen molar-refractivity contribution in [3.63, 3.8) is 0 Å². The van der Waals surface area contributed by atoms with Gasteiger partial charge in [0.05, 0.1) is 18.8 Å². The molecule has 174 valence electrons. The van der Waals surface area contributed by atoms with Crippen LogP contribution in [0.3, 0.4) is 0 Å². The molecule has 1 amide bonds. The van der Waals surface area contributed by atoms with Crippen LogP contribution >= 0.6 is 0 Å². The monoisotopic (exact) mass is 456 g/mol. The van der Waals surface area contributed by atoms with E-state index >= 15 is 0 Å². The van der Waals surface area contributed by atoms with E-state index in [9.17, 15) is 18.4 Å². The number of carbonyl (C=O) groups is 1. The molecule has 0 aliphatic heterocycles. The molecule has 0 atom stereocenters. The second kappa shape index (κ2) is 11.3. The van der Waals surface area contributed by atoms with Crippen molar-refractivity contribution in [2.45, 2.75) is 19.4 Å². The van der Waals surface area contributed by atoms with E-state index in [1.54, 1.807) is 24.3 Å². The van der Waals surface area contributed by atoms with Crippen LogP contribution in [0.1, 0.15) is 18.4 Å². The van der Waals surface area contributed by atoms with Crippen molar-refractivity contribution in [3.05, 3.63) is 82.1 Å². The van der Waals surface area contributed by atoms with Crippen LogP contribution in [0.5, 0.6) is 0 Å². The summed E-state index contributed by atoms with van der Waals surface area (Å²) in [7, 11) is 3.98. The Morgan fingerprint density at radius 2 is 1.82 bits per heavy atom. The van der Waals surface area contributed by atoms with Crippen molar-refractivity contribution in [3.8, 4) is 11.3 Å². The van der Waals surface area contributed by atoms with Crippen LogP contribution in [0.4, 0.5) is 19.3 Å². The maximum atomic E-state index is 13.6. The molecular formula is C24H26F2N4O3. The number of hydrogen-bond acceptors (Lipinski definition) is 5. The first-order chi connectivity index (χ1) is 15.8. The molecule has 0 fully saturated rings. The summed E-state index contributed by atoms with van der Waals surface area (Å²) in [5.74, 6) is -1.46. The first kappa shape index (κ1) is 24.1. The molecule has 0 radical (unpaired) electrons. The van der Waals surface area contributed by atoms with Gasteiger partial charge in [0.15, 0.2) is 0 Å². The number of halogens is 2. The summed E-state index contributed by atoms with van der Waals surface area (Å²) in [6.07, 6.45) is 1.15. The number of aromatic nitrogens is 2. The molecule has 0 saturated heterocycles. The lowest BCUT2D eigenvalue weighted by Crippen LogP contribution is -2.23. The van der Waals surface area contributed by atoms with Crippen LogP contribution in [-0.2, 0) is 11.3 Å². The van der Waals surface area contributed by atoms with E-state index in [0.29, 0.717) is 17.9 Å². The summed E-state index contributed by atoms with van der Waals surface area (Å²) in [6.45, 7) is 1.36. The number of carbonyl (C=O) groups excluding carboxylic acids is 1. The number of ether oxygens (including phenoxy) is 1. The molecule has 1 aromatic heterocycles. The molecule has 3 aromatic rings. The molecule has 2 aromatic carbocycles. The molecule has 3 rings (SSSR count). The molecule has 0 saturated carbocycles. The van der Waals surface area contributed by atoms with Crippen LogP contribution < -0.4 is 10.9 Å². The average molecular weight is 456 g/mol. The highest BCUT2D eigenvalue weighted by molar-refractivity contribution is 5.84. The van der Waals surface area contributed by atoms with E-state index in [1.807, 2.05) is 14.1 Å². The van der Waals surface area contributed by atoms with Gasteiger partial charge in [-0.15, -0.1) is 0 Å². The van der Waals surface area contributed by atoms with Gasteiger partial charge < -0.3 is 9.64 Å². The number of hydrogen-bond donors (Lipinski definition) is 1. The first-order valence-corrected chi connectivity index (χ1v) is 10.5. The molecule has 1 heterocycles. The SMILES string of the molecule is CN(C)CCCCOC(=O)Nc1cccc(Cn2nc(-c3cc(F)cc(F)c3)ccc2=O)c1. The van der Waals surface area contributed by atoms with Crippen LogP contribution in [0, 0.1) is 11.6 Å². The summed E-state index contributed by atoms with van der Waals surface area (Å²) in [4.78, 5) is 26.4. The standard InChI is InChI=1S/C24H26F2N4O3/c1-29(2)10-3-4-11-33-24(32)27-21-7-5-6-17(12-21)16-30-23(31)9-8-22(28-30)18-13-19(25)15-20(26)14-18/h5-9,12-15H,3-4,10-11,16H2,1-2H3,(H,27,32). The van der Waals surface area contributed by atoms with Gasteiger partial charge in [-0.2, -0.15) is 5.10 Å². The highest BCUT2D eigenvalue weighted by Gasteiger charge is 2.09. The van der Waals surface area contributed by atoms with Gasteiger partial charge >= 0.3 is 6.09 Å². The molecule has 0 aliphatic rings. The fraction of sp³-hybridized carbons (Fsp3) is 0.292. The predicted octanol–water partition coefficient (Wildman–Crippen LogP) is 4.13. The Morgan fingerprint density at radius 1 is 1.06 bits per heavy atom. The van der Waals surface area contributed by atoms with Gasteiger partial charge in [-0.05, 0) is 69.4 Å². The van der Waals surface area contributed by atoms with Gasteiger partial charge in [0.25, 0.3) is 5.56 Å². The minimum absolute atomic E-state index is 0.111. The maximum absolute atomic E-state index is 13.6. The van der Waals surface area contributed by atoms with Crippen molar-refractivity contribution < 1.29 is 18.3 Å². The molecule has 0 unspecified atom stereocenters. The maximum Gasteiger partial charge on any atom is 0.411 e. The fourth-order valence-electron chi connectivity index (χ4n) is 3.19. The first-order valence-electron chi connectivity index (χ1n) is 10.5. The van der Waals surface area contributed by atoms with Crippen molar-refractivity contribution in [1.29, 1.82) is 0 Å². The van der Waals surface area contributed by atoms with E-state index in [1.165, 1.54) is 16.8 Å². The van der Waals surface area contributed by atoms with E-state index in [4.69, 9.17) is 4.74 Å². The zero-order valence-electron chi connectivity index (χ0n) is 18.6. The predicted molar refractivity (Wildman–Crippen MR) is 122 cm³/mol. The number of anilines is 1. The normalized spacial score (nSPS) is 10.9. The van der Waals surface area contributed by atoms with Crippen LogP contribution in [0.15, 0.2) is 59.4 Å². The second-order valence-corrected chi connectivity index (χ2v) is 7.84. The number of benzene rings is 2. The Labute approximate surface area is 190 Å². The average Bonchev–Trinajstić information content (AvgIpc) is 2.74. The third-order valence-corrected chi connectivity index (χ3v) is 4.76. The highest BCUT2D eigenvalue weighted by atomic mass is 19.1. The molecule has 0 aliphatic carbocycles. The number of amides is 1. The van der Waals surface area contributed by atoms with Crippen molar-refractivity contribution in [1.82, 2.24) is 14.7 Å². The fourth-order valence-corrected chi connectivity index (χ4v) is 3.19. The summed E-state index contributed by atoms with van der Waals surface area (Å²) in [5, 5.41) is 6.91. The molecular weight excluding hydrogens is 430 g/mol. The van der Waals surface area contributed by atoms with Crippen LogP contribution in [-0.4, -0.2) is 48.0 Å². The van der Waals surface area contributed by atoms with Gasteiger partial charge in [0, 0.05) is 23.4 Å². The van der Waals surface area contributed by atoms with Crippen LogP contribution in [0.25, 0.3) is 11.3 Å². The topological polar surface area (TPSA) is 76.5 Å². The summed E-state index contributed by atoms with van der Waals surface area (Å²) in [6, 6.07) is 12.7. The summed E-state index contributed by atoms with van der Waals surface area (Å²) in [5.41, 5.74) is 1.34. The number of nitrogens with one attached hydrogen (secondary N) is 1. The van der Waals surface area contributed by atoms with Gasteiger partial charge in [0.2, 0.25) is 0 Å². The van der Waals surface area contributed by atoms with Crippen molar-refractivity contribution in [2.24, 2.45) is 0 Å². The van der Waals surface area contributed by atoms with Gasteiger partial charge in [-0.3, -0.25) is 10.1 Å². The largest absolute Gasteiger partial charge is 0.449 e. The lowest BCUT2D eigenvalue weighted by Gasteiger charge is -2.11. The van der Waals surface area contributed by atoms with Crippen molar-refractivity contribution in [2.75, 3.05) is 32.6 Å². The minimum atomic E-state index is -0.729. The lowest BCUT2D eigenvalue weighted by molar-refractivity contribution is 0.158. The zero-order valence-corrected chi connectivity index (χ0v) is 18.6. The Balaban J connectivity index is 1.65. The van der Waals surface area contributed by atoms with Gasteiger partial charge in [0.1, 0.15) is 11.6 Å². The second-order valence-electron chi connectivity index (χ2n) is 7.84. The van der Waals surface area contributed by atoms with Gasteiger partial charge in [-0.1, -0.05) is 12.1 Å². The quantitative estimate of drug-likeness (QED) is 0.490. The van der Waals surface area contributed by atoms with E-state index < -0.39 is 17.7 Å². The Bertz CT molecular complexity index is 1140. The molecule has 0 bridgehead atoms. The van der Waals surface area contributed by atoms with Crippen molar-refractivity contribution >= 4 is 11.8 Å². The molecule has 9 heteroatoms. The smallest absolute Gasteiger partial charge is 0.411 e. The van der Waals surface area contributed by atoms with E-state index in [2.05, 4.69) is 15.3 Å². The third-order valence-electron chi connectivity index (χ3n) is 4.76. The minimum Gasteiger partial charge on any atom is -0.449 e. The number of rotatable bonds is 9. The molecule has 0 spiro atoms. The zero-order chi connectivity index (χ0) is 23.8. The van der Waals surface area contributed by atoms with E-state index in [0.717, 1.165) is 37.6 Å². The van der Waals surface area contributed by atoms with E-state index in [-0.39, 0.29) is 23.4 Å². The molecule has 1 N–H and O–H groups in total. The summed E-state index contributed by atoms with van der Waals surface area (Å²) < 4.78 is 33.5. The lowest BCUT2D eigenvalue weighted by atomic mass is 10.1. The highest BCUT2D eigenvalue weighted by Crippen LogP contribution is 2.19. The number of unbranched alkanes of at least 4 members (excludes halogenated alkanes) is 1. The molecule has 33 heavy (non-hydrogen) atoms.